The summed E-state index contributed by atoms with van der Waals surface area (Å²) in [6.45, 7) is 9.40. The minimum atomic E-state index is 0.778. The molecule has 1 aromatic rings. The van der Waals surface area contributed by atoms with Crippen LogP contribution < -0.4 is 4.90 Å². The highest BCUT2D eigenvalue weighted by atomic mass is 15.3. The van der Waals surface area contributed by atoms with Gasteiger partial charge in [-0.3, -0.25) is 4.90 Å². The maximum Gasteiger partial charge on any atom is 0.0600 e. The minimum absolute atomic E-state index is 0.778. The molecule has 0 aliphatic carbocycles. The quantitative estimate of drug-likeness (QED) is 0.715. The molecule has 0 atom stereocenters. The number of benzene rings is 1. The van der Waals surface area contributed by atoms with Gasteiger partial charge in [-0.05, 0) is 31.0 Å². The molecule has 0 unspecified atom stereocenters. The van der Waals surface area contributed by atoms with Crippen LogP contribution in [0.15, 0.2) is 18.2 Å². The topological polar surface area (TPSA) is 6.48 Å². The Bertz CT molecular complexity index is 423. The maximum atomic E-state index is 5.34. The molecule has 2 rings (SSSR count). The van der Waals surface area contributed by atoms with Crippen LogP contribution in [0.25, 0.3) is 0 Å². The van der Waals surface area contributed by atoms with Crippen molar-refractivity contribution >= 4 is 5.69 Å². The van der Waals surface area contributed by atoms with Crippen molar-refractivity contribution in [1.82, 2.24) is 4.90 Å². The number of aryl methyl sites for hydroxylation is 2. The molecule has 0 radical (unpaired) electrons. The second-order valence-electron chi connectivity index (χ2n) is 4.76. The SMILES string of the molecule is C#CCN1CCN(c2cc(C)ccc2C)CC1. The maximum absolute atomic E-state index is 5.34. The van der Waals surface area contributed by atoms with E-state index in [4.69, 9.17) is 6.42 Å². The Hall–Kier alpha value is -1.46. The van der Waals surface area contributed by atoms with Gasteiger partial charge in [0.2, 0.25) is 0 Å². The second kappa shape index (κ2) is 5.25. The number of hydrogen-bond donors (Lipinski definition) is 0. The van der Waals surface area contributed by atoms with E-state index in [1.54, 1.807) is 0 Å². The molecular formula is C15H20N2. The van der Waals surface area contributed by atoms with Gasteiger partial charge in [-0.15, -0.1) is 6.42 Å². The normalized spacial score (nSPS) is 16.9. The minimum Gasteiger partial charge on any atom is -0.369 e. The summed E-state index contributed by atoms with van der Waals surface area (Å²) in [6.07, 6.45) is 5.34. The lowest BCUT2D eigenvalue weighted by atomic mass is 10.1. The summed E-state index contributed by atoms with van der Waals surface area (Å²) in [5.41, 5.74) is 4.07. The summed E-state index contributed by atoms with van der Waals surface area (Å²) in [5, 5.41) is 0. The first-order chi connectivity index (χ1) is 8.20. The van der Waals surface area contributed by atoms with Crippen molar-refractivity contribution in [3.05, 3.63) is 29.3 Å². The molecule has 0 bridgehead atoms. The predicted octanol–water partition coefficient (Wildman–Crippen LogP) is 2.06. The molecule has 0 N–H and O–H groups in total. The van der Waals surface area contributed by atoms with Crippen LogP contribution in [0.4, 0.5) is 5.69 Å². The second-order valence-corrected chi connectivity index (χ2v) is 4.76. The van der Waals surface area contributed by atoms with Gasteiger partial charge in [-0.25, -0.2) is 0 Å². The third kappa shape index (κ3) is 2.81. The number of piperazine rings is 1. The summed E-state index contributed by atoms with van der Waals surface area (Å²) < 4.78 is 0. The lowest BCUT2D eigenvalue weighted by Gasteiger charge is -2.36. The van der Waals surface area contributed by atoms with Crippen molar-refractivity contribution in [2.75, 3.05) is 37.6 Å². The van der Waals surface area contributed by atoms with Crippen molar-refractivity contribution in [2.45, 2.75) is 13.8 Å². The Kier molecular flexibility index (Phi) is 3.71. The van der Waals surface area contributed by atoms with Crippen molar-refractivity contribution < 1.29 is 0 Å². The van der Waals surface area contributed by atoms with Gasteiger partial charge in [0.1, 0.15) is 0 Å². The number of terminal acetylenes is 1. The molecule has 0 saturated carbocycles. The zero-order valence-corrected chi connectivity index (χ0v) is 10.7. The van der Waals surface area contributed by atoms with Crippen LogP contribution in [0.3, 0.4) is 0 Å². The molecule has 1 heterocycles. The van der Waals surface area contributed by atoms with E-state index in [0.717, 1.165) is 32.7 Å². The van der Waals surface area contributed by atoms with E-state index in [-0.39, 0.29) is 0 Å². The molecule has 0 spiro atoms. The Morgan fingerprint density at radius 1 is 1.18 bits per heavy atom. The van der Waals surface area contributed by atoms with Crippen LogP contribution in [0, 0.1) is 26.2 Å². The van der Waals surface area contributed by atoms with Gasteiger partial charge in [0, 0.05) is 31.9 Å². The Morgan fingerprint density at radius 2 is 1.88 bits per heavy atom. The highest BCUT2D eigenvalue weighted by molar-refractivity contribution is 5.55. The van der Waals surface area contributed by atoms with Crippen molar-refractivity contribution in [2.24, 2.45) is 0 Å². The van der Waals surface area contributed by atoms with E-state index < -0.39 is 0 Å². The van der Waals surface area contributed by atoms with Crippen LogP contribution in [0.5, 0.6) is 0 Å². The third-order valence-corrected chi connectivity index (χ3v) is 3.39. The molecule has 0 amide bonds. The van der Waals surface area contributed by atoms with Gasteiger partial charge in [0.25, 0.3) is 0 Å². The van der Waals surface area contributed by atoms with Gasteiger partial charge >= 0.3 is 0 Å². The number of hydrogen-bond acceptors (Lipinski definition) is 2. The lowest BCUT2D eigenvalue weighted by Crippen LogP contribution is -2.46. The molecule has 1 aliphatic heterocycles. The van der Waals surface area contributed by atoms with Crippen LogP contribution in [-0.4, -0.2) is 37.6 Å². The molecule has 90 valence electrons. The van der Waals surface area contributed by atoms with E-state index in [0.29, 0.717) is 0 Å². The van der Waals surface area contributed by atoms with E-state index in [2.05, 4.69) is 47.8 Å². The average molecular weight is 228 g/mol. The Morgan fingerprint density at radius 3 is 2.53 bits per heavy atom. The summed E-state index contributed by atoms with van der Waals surface area (Å²) in [7, 11) is 0. The van der Waals surface area contributed by atoms with Gasteiger partial charge < -0.3 is 4.90 Å². The third-order valence-electron chi connectivity index (χ3n) is 3.39. The monoisotopic (exact) mass is 228 g/mol. The first-order valence-corrected chi connectivity index (χ1v) is 6.19. The summed E-state index contributed by atoms with van der Waals surface area (Å²) in [4.78, 5) is 4.80. The van der Waals surface area contributed by atoms with E-state index >= 15 is 0 Å². The lowest BCUT2D eigenvalue weighted by molar-refractivity contribution is 0.288. The van der Waals surface area contributed by atoms with Crippen LogP contribution in [0.1, 0.15) is 11.1 Å². The summed E-state index contributed by atoms with van der Waals surface area (Å²) >= 11 is 0. The zero-order chi connectivity index (χ0) is 12.3. The molecule has 0 aromatic heterocycles. The number of nitrogens with zero attached hydrogens (tertiary/aromatic N) is 2. The van der Waals surface area contributed by atoms with Gasteiger partial charge in [0.15, 0.2) is 0 Å². The summed E-state index contributed by atoms with van der Waals surface area (Å²) in [6, 6.07) is 6.66. The molecule has 17 heavy (non-hydrogen) atoms. The highest BCUT2D eigenvalue weighted by Crippen LogP contribution is 2.22. The molecule has 2 heteroatoms. The fraction of sp³-hybridized carbons (Fsp3) is 0.467. The van der Waals surface area contributed by atoms with E-state index in [1.165, 1.54) is 16.8 Å². The van der Waals surface area contributed by atoms with E-state index in [9.17, 15) is 0 Å². The van der Waals surface area contributed by atoms with Gasteiger partial charge in [0.05, 0.1) is 6.54 Å². The molecule has 2 nitrogen and oxygen atoms in total. The standard InChI is InChI=1S/C15H20N2/c1-4-7-16-8-10-17(11-9-16)15-12-13(2)5-6-14(15)3/h1,5-6,12H,7-11H2,2-3H3. The molecule has 1 aliphatic rings. The van der Waals surface area contributed by atoms with Crippen LogP contribution in [-0.2, 0) is 0 Å². The van der Waals surface area contributed by atoms with Crippen molar-refractivity contribution in [3.63, 3.8) is 0 Å². The van der Waals surface area contributed by atoms with Gasteiger partial charge in [-0.1, -0.05) is 18.1 Å². The molecule has 1 saturated heterocycles. The van der Waals surface area contributed by atoms with Crippen LogP contribution >= 0.6 is 0 Å². The average Bonchev–Trinajstić information content (AvgIpc) is 2.34. The smallest absolute Gasteiger partial charge is 0.0600 e. The van der Waals surface area contributed by atoms with E-state index in [1.807, 2.05) is 0 Å². The predicted molar refractivity (Wildman–Crippen MR) is 73.4 cm³/mol. The Labute approximate surface area is 104 Å². The molecule has 1 fully saturated rings. The molecular weight excluding hydrogens is 208 g/mol. The summed E-state index contributed by atoms with van der Waals surface area (Å²) in [5.74, 6) is 2.72. The van der Waals surface area contributed by atoms with Crippen LogP contribution in [0.2, 0.25) is 0 Å². The highest BCUT2D eigenvalue weighted by Gasteiger charge is 2.17. The van der Waals surface area contributed by atoms with Gasteiger partial charge in [-0.2, -0.15) is 0 Å². The fourth-order valence-corrected chi connectivity index (χ4v) is 2.34. The van der Waals surface area contributed by atoms with Crippen molar-refractivity contribution in [1.29, 1.82) is 0 Å². The Balaban J connectivity index is 2.05. The number of anilines is 1. The molecule has 1 aromatic carbocycles. The first-order valence-electron chi connectivity index (χ1n) is 6.19. The van der Waals surface area contributed by atoms with Crippen molar-refractivity contribution in [3.8, 4) is 12.3 Å². The number of rotatable bonds is 2. The zero-order valence-electron chi connectivity index (χ0n) is 10.7. The fourth-order valence-electron chi connectivity index (χ4n) is 2.34. The first kappa shape index (κ1) is 12.0. The largest absolute Gasteiger partial charge is 0.369 e.